The number of hydrogen-bond acceptors (Lipinski definition) is 5. The molecule has 0 radical (unpaired) electrons. The predicted octanol–water partition coefficient (Wildman–Crippen LogP) is 2.57. The van der Waals surface area contributed by atoms with E-state index in [1.807, 2.05) is 0 Å². The molecule has 3 rings (SSSR count). The van der Waals surface area contributed by atoms with Crippen molar-refractivity contribution in [2.75, 3.05) is 32.7 Å². The van der Waals surface area contributed by atoms with Gasteiger partial charge in [0.25, 0.3) is 5.91 Å². The fraction of sp³-hybridized carbons (Fsp3) is 0.476. The SMILES string of the molecule is N=C(C(=O)N1CCC(c2cccc(F)c2C(F)(F)F)CC1)C1=C(N)CN(CC(=O)O)CC1. The van der Waals surface area contributed by atoms with Crippen LogP contribution in [-0.2, 0) is 15.8 Å². The van der Waals surface area contributed by atoms with Gasteiger partial charge in [0.1, 0.15) is 11.5 Å². The Bertz CT molecular complexity index is 953. The van der Waals surface area contributed by atoms with Crippen molar-refractivity contribution in [3.05, 3.63) is 46.4 Å². The predicted molar refractivity (Wildman–Crippen MR) is 108 cm³/mol. The molecule has 4 N–H and O–H groups in total. The minimum absolute atomic E-state index is 0.113. The summed E-state index contributed by atoms with van der Waals surface area (Å²) in [7, 11) is 0. The summed E-state index contributed by atoms with van der Waals surface area (Å²) < 4.78 is 53.9. The van der Waals surface area contributed by atoms with Crippen LogP contribution < -0.4 is 5.73 Å². The fourth-order valence-corrected chi connectivity index (χ4v) is 4.32. The largest absolute Gasteiger partial charge is 0.480 e. The van der Waals surface area contributed by atoms with Crippen LogP contribution in [0.15, 0.2) is 29.5 Å². The monoisotopic (exact) mass is 456 g/mol. The van der Waals surface area contributed by atoms with E-state index in [4.69, 9.17) is 16.2 Å². The number of alkyl halides is 3. The molecule has 2 aliphatic heterocycles. The summed E-state index contributed by atoms with van der Waals surface area (Å²) in [6, 6.07) is 3.30. The third-order valence-corrected chi connectivity index (χ3v) is 5.89. The van der Waals surface area contributed by atoms with Crippen LogP contribution in [0.5, 0.6) is 0 Å². The zero-order chi connectivity index (χ0) is 23.6. The topological polar surface area (TPSA) is 111 Å². The number of nitrogens with zero attached hydrogens (tertiary/aromatic N) is 2. The average Bonchev–Trinajstić information content (AvgIpc) is 2.71. The molecule has 0 atom stereocenters. The first kappa shape index (κ1) is 23.7. The van der Waals surface area contributed by atoms with E-state index in [0.717, 1.165) is 6.07 Å². The van der Waals surface area contributed by atoms with Crippen molar-refractivity contribution in [3.8, 4) is 0 Å². The molecule has 0 aliphatic carbocycles. The molecule has 2 heterocycles. The molecule has 1 amide bonds. The maximum Gasteiger partial charge on any atom is 0.419 e. The molecular formula is C21H24F4N4O3. The second kappa shape index (κ2) is 9.27. The van der Waals surface area contributed by atoms with Crippen molar-refractivity contribution in [1.29, 1.82) is 5.41 Å². The van der Waals surface area contributed by atoms with Gasteiger partial charge in [0.05, 0.1) is 12.1 Å². The number of carbonyl (C=O) groups is 2. The van der Waals surface area contributed by atoms with E-state index in [0.29, 0.717) is 12.1 Å². The highest BCUT2D eigenvalue weighted by atomic mass is 19.4. The number of piperidine rings is 1. The Labute approximate surface area is 182 Å². The van der Waals surface area contributed by atoms with Crippen molar-refractivity contribution in [2.45, 2.75) is 31.4 Å². The number of likely N-dealkylation sites (tertiary alicyclic amines) is 1. The summed E-state index contributed by atoms with van der Waals surface area (Å²) in [5.41, 5.74) is 4.95. The number of hydrogen-bond donors (Lipinski definition) is 3. The lowest BCUT2D eigenvalue weighted by molar-refractivity contribution is -0.141. The van der Waals surface area contributed by atoms with E-state index in [9.17, 15) is 27.2 Å². The molecule has 0 aromatic heterocycles. The standard InChI is InChI=1S/C21H24F4N4O3/c22-15-3-1-2-13(18(15)21(23,24)25)12-4-8-29(9-5-12)20(32)19(27)14-6-7-28(10-16(14)26)11-17(30)31/h1-3,12,27H,4-11,26H2,(H,30,31). The number of aliphatic carboxylic acids is 1. The summed E-state index contributed by atoms with van der Waals surface area (Å²) >= 11 is 0. The lowest BCUT2D eigenvalue weighted by Crippen LogP contribution is -2.45. The van der Waals surface area contributed by atoms with Gasteiger partial charge in [-0.05, 0) is 36.8 Å². The van der Waals surface area contributed by atoms with Crippen molar-refractivity contribution in [2.24, 2.45) is 5.73 Å². The van der Waals surface area contributed by atoms with Gasteiger partial charge in [-0.2, -0.15) is 13.2 Å². The molecular weight excluding hydrogens is 432 g/mol. The summed E-state index contributed by atoms with van der Waals surface area (Å²) in [6.07, 6.45) is -4.12. The molecule has 0 saturated carbocycles. The van der Waals surface area contributed by atoms with E-state index in [2.05, 4.69) is 0 Å². The lowest BCUT2D eigenvalue weighted by Gasteiger charge is -2.34. The second-order valence-corrected chi connectivity index (χ2v) is 8.00. The smallest absolute Gasteiger partial charge is 0.419 e. The molecule has 7 nitrogen and oxygen atoms in total. The number of rotatable bonds is 5. The summed E-state index contributed by atoms with van der Waals surface area (Å²) in [4.78, 5) is 26.6. The highest BCUT2D eigenvalue weighted by molar-refractivity contribution is 6.44. The Balaban J connectivity index is 1.66. The lowest BCUT2D eigenvalue weighted by atomic mass is 9.85. The maximum absolute atomic E-state index is 13.9. The molecule has 1 fully saturated rings. The van der Waals surface area contributed by atoms with E-state index in [1.54, 1.807) is 4.90 Å². The second-order valence-electron chi connectivity index (χ2n) is 8.00. The number of nitrogens with two attached hydrogens (primary N) is 1. The van der Waals surface area contributed by atoms with Gasteiger partial charge in [-0.1, -0.05) is 12.1 Å². The first-order valence-corrected chi connectivity index (χ1v) is 10.1. The molecule has 1 aromatic carbocycles. The summed E-state index contributed by atoms with van der Waals surface area (Å²) in [6.45, 7) is 0.567. The molecule has 174 valence electrons. The first-order valence-electron chi connectivity index (χ1n) is 10.1. The van der Waals surface area contributed by atoms with Crippen LogP contribution in [0, 0.1) is 11.2 Å². The van der Waals surface area contributed by atoms with Crippen LogP contribution in [-0.4, -0.2) is 65.2 Å². The highest BCUT2D eigenvalue weighted by Gasteiger charge is 2.39. The van der Waals surface area contributed by atoms with Gasteiger partial charge in [-0.25, -0.2) is 4.39 Å². The van der Waals surface area contributed by atoms with Gasteiger partial charge in [-0.3, -0.25) is 19.9 Å². The van der Waals surface area contributed by atoms with Crippen LogP contribution in [0.25, 0.3) is 0 Å². The van der Waals surface area contributed by atoms with Gasteiger partial charge in [0.2, 0.25) is 0 Å². The van der Waals surface area contributed by atoms with Gasteiger partial charge < -0.3 is 15.7 Å². The minimum atomic E-state index is -4.81. The Kier molecular flexibility index (Phi) is 6.87. The average molecular weight is 456 g/mol. The fourth-order valence-electron chi connectivity index (χ4n) is 4.32. The summed E-state index contributed by atoms with van der Waals surface area (Å²) in [5, 5.41) is 17.1. The third-order valence-electron chi connectivity index (χ3n) is 5.89. The van der Waals surface area contributed by atoms with Crippen LogP contribution in [0.4, 0.5) is 17.6 Å². The number of nitrogens with one attached hydrogen (secondary N) is 1. The van der Waals surface area contributed by atoms with Crippen molar-refractivity contribution < 1.29 is 32.3 Å². The third kappa shape index (κ3) is 5.09. The number of carboxylic acid groups (broad SMARTS) is 1. The van der Waals surface area contributed by atoms with Crippen molar-refractivity contribution in [3.63, 3.8) is 0 Å². The molecule has 11 heteroatoms. The Morgan fingerprint density at radius 2 is 1.84 bits per heavy atom. The van der Waals surface area contributed by atoms with E-state index >= 15 is 0 Å². The Morgan fingerprint density at radius 1 is 1.19 bits per heavy atom. The van der Waals surface area contributed by atoms with Crippen molar-refractivity contribution >= 4 is 17.6 Å². The molecule has 0 unspecified atom stereocenters. The molecule has 2 aliphatic rings. The van der Waals surface area contributed by atoms with Crippen LogP contribution in [0.1, 0.15) is 36.3 Å². The Morgan fingerprint density at radius 3 is 2.41 bits per heavy atom. The number of amides is 1. The Hall–Kier alpha value is -2.95. The molecule has 1 aromatic rings. The van der Waals surface area contributed by atoms with Crippen LogP contribution in [0.3, 0.4) is 0 Å². The minimum Gasteiger partial charge on any atom is -0.480 e. The molecule has 0 bridgehead atoms. The number of carbonyl (C=O) groups excluding carboxylic acids is 1. The van der Waals surface area contributed by atoms with Gasteiger partial charge >= 0.3 is 12.1 Å². The first-order chi connectivity index (χ1) is 15.0. The molecule has 1 saturated heterocycles. The zero-order valence-corrected chi connectivity index (χ0v) is 17.2. The number of benzene rings is 1. The van der Waals surface area contributed by atoms with Gasteiger partial charge in [0.15, 0.2) is 0 Å². The summed E-state index contributed by atoms with van der Waals surface area (Å²) in [5.74, 6) is -3.43. The van der Waals surface area contributed by atoms with E-state index in [1.165, 1.54) is 17.0 Å². The van der Waals surface area contributed by atoms with Gasteiger partial charge in [-0.15, -0.1) is 0 Å². The normalized spacial score (nSPS) is 18.7. The van der Waals surface area contributed by atoms with Crippen LogP contribution >= 0.6 is 0 Å². The number of halogens is 4. The number of carboxylic acids is 1. The van der Waals surface area contributed by atoms with Crippen molar-refractivity contribution in [1.82, 2.24) is 9.80 Å². The maximum atomic E-state index is 13.9. The molecule has 32 heavy (non-hydrogen) atoms. The van der Waals surface area contributed by atoms with Gasteiger partial charge in [0, 0.05) is 37.4 Å². The molecule has 0 spiro atoms. The van der Waals surface area contributed by atoms with Crippen LogP contribution in [0.2, 0.25) is 0 Å². The van der Waals surface area contributed by atoms with E-state index < -0.39 is 35.4 Å². The zero-order valence-electron chi connectivity index (χ0n) is 17.2. The van der Waals surface area contributed by atoms with E-state index in [-0.39, 0.29) is 62.4 Å². The highest BCUT2D eigenvalue weighted by Crippen LogP contribution is 2.40. The quantitative estimate of drug-likeness (QED) is 0.466.